The summed E-state index contributed by atoms with van der Waals surface area (Å²) in [4.78, 5) is 11.6. The van der Waals surface area contributed by atoms with E-state index in [2.05, 4.69) is 5.32 Å². The topological polar surface area (TPSA) is 55.1 Å². The van der Waals surface area contributed by atoms with Crippen molar-refractivity contribution in [3.05, 3.63) is 35.6 Å². The summed E-state index contributed by atoms with van der Waals surface area (Å²) >= 11 is 0. The normalized spacial score (nSPS) is 12.5. The van der Waals surface area contributed by atoms with Crippen LogP contribution in [0.3, 0.4) is 0 Å². The van der Waals surface area contributed by atoms with Crippen molar-refractivity contribution in [2.24, 2.45) is 11.7 Å². The number of nitrogens with one attached hydrogen (secondary N) is 1. The molecule has 0 saturated heterocycles. The lowest BCUT2D eigenvalue weighted by Crippen LogP contribution is -2.42. The molecule has 0 bridgehead atoms. The van der Waals surface area contributed by atoms with Crippen LogP contribution in [0.4, 0.5) is 4.39 Å². The molecule has 0 aliphatic carbocycles. The maximum Gasteiger partial charge on any atom is 0.236 e. The number of carbonyl (C=O) groups is 1. The second-order valence-electron chi connectivity index (χ2n) is 4.91. The monoisotopic (exact) mass is 252 g/mol. The first-order valence-electron chi connectivity index (χ1n) is 6.26. The van der Waals surface area contributed by atoms with Crippen LogP contribution in [0, 0.1) is 11.7 Å². The summed E-state index contributed by atoms with van der Waals surface area (Å²) in [6.07, 6.45) is 1.28. The van der Waals surface area contributed by atoms with Crippen LogP contribution < -0.4 is 11.1 Å². The molecule has 0 spiro atoms. The van der Waals surface area contributed by atoms with E-state index < -0.39 is 6.04 Å². The van der Waals surface area contributed by atoms with Gasteiger partial charge in [0, 0.05) is 6.54 Å². The molecule has 0 aliphatic rings. The van der Waals surface area contributed by atoms with E-state index >= 15 is 0 Å². The third-order valence-corrected chi connectivity index (χ3v) is 2.66. The van der Waals surface area contributed by atoms with Crippen LogP contribution in [0.2, 0.25) is 0 Å². The Morgan fingerprint density at radius 1 is 1.44 bits per heavy atom. The molecule has 18 heavy (non-hydrogen) atoms. The molecule has 0 saturated carbocycles. The number of amides is 1. The van der Waals surface area contributed by atoms with Gasteiger partial charge in [0.15, 0.2) is 0 Å². The Morgan fingerprint density at radius 2 is 2.17 bits per heavy atom. The van der Waals surface area contributed by atoms with Crippen LogP contribution >= 0.6 is 0 Å². The maximum atomic E-state index is 12.9. The average molecular weight is 252 g/mol. The molecule has 1 aromatic rings. The van der Waals surface area contributed by atoms with Crippen molar-refractivity contribution in [1.82, 2.24) is 5.32 Å². The molecule has 0 radical (unpaired) electrons. The van der Waals surface area contributed by atoms with Crippen LogP contribution in [-0.2, 0) is 11.2 Å². The van der Waals surface area contributed by atoms with E-state index in [0.29, 0.717) is 25.3 Å². The van der Waals surface area contributed by atoms with Crippen LogP contribution in [0.5, 0.6) is 0 Å². The largest absolute Gasteiger partial charge is 0.354 e. The lowest BCUT2D eigenvalue weighted by atomic mass is 10.0. The zero-order valence-electron chi connectivity index (χ0n) is 10.9. The zero-order valence-corrected chi connectivity index (χ0v) is 10.9. The smallest absolute Gasteiger partial charge is 0.236 e. The van der Waals surface area contributed by atoms with Gasteiger partial charge in [-0.25, -0.2) is 4.39 Å². The van der Waals surface area contributed by atoms with Gasteiger partial charge in [-0.2, -0.15) is 0 Å². The van der Waals surface area contributed by atoms with E-state index in [4.69, 9.17) is 5.73 Å². The first-order chi connectivity index (χ1) is 8.49. The summed E-state index contributed by atoms with van der Waals surface area (Å²) in [5.41, 5.74) is 6.62. The van der Waals surface area contributed by atoms with Gasteiger partial charge in [-0.3, -0.25) is 4.79 Å². The third-order valence-electron chi connectivity index (χ3n) is 2.66. The molecule has 0 aromatic heterocycles. The van der Waals surface area contributed by atoms with E-state index in [1.807, 2.05) is 19.9 Å². The minimum atomic E-state index is -0.461. The van der Waals surface area contributed by atoms with Gasteiger partial charge in [0.25, 0.3) is 0 Å². The summed E-state index contributed by atoms with van der Waals surface area (Å²) in [7, 11) is 0. The molecule has 1 rings (SSSR count). The second kappa shape index (κ2) is 7.11. The SMILES string of the molecule is CC(C)C[C@@H](N)C(=O)NCCc1cccc(F)c1. The van der Waals surface area contributed by atoms with Crippen molar-refractivity contribution in [3.8, 4) is 0 Å². The summed E-state index contributed by atoms with van der Waals surface area (Å²) in [5, 5.41) is 2.77. The van der Waals surface area contributed by atoms with Crippen molar-refractivity contribution in [1.29, 1.82) is 0 Å². The van der Waals surface area contributed by atoms with Crippen molar-refractivity contribution >= 4 is 5.91 Å². The Balaban J connectivity index is 2.31. The van der Waals surface area contributed by atoms with E-state index in [1.165, 1.54) is 12.1 Å². The molecule has 3 N–H and O–H groups in total. The summed E-state index contributed by atoms with van der Waals surface area (Å²) in [5.74, 6) is 0.00408. The van der Waals surface area contributed by atoms with Gasteiger partial charge in [-0.15, -0.1) is 0 Å². The Morgan fingerprint density at radius 3 is 2.78 bits per heavy atom. The van der Waals surface area contributed by atoms with Gasteiger partial charge in [0.05, 0.1) is 6.04 Å². The maximum absolute atomic E-state index is 12.9. The lowest BCUT2D eigenvalue weighted by Gasteiger charge is -2.14. The molecular weight excluding hydrogens is 231 g/mol. The second-order valence-corrected chi connectivity index (χ2v) is 4.91. The van der Waals surface area contributed by atoms with Gasteiger partial charge < -0.3 is 11.1 Å². The molecule has 4 heteroatoms. The van der Waals surface area contributed by atoms with Crippen molar-refractivity contribution in [3.63, 3.8) is 0 Å². The molecule has 0 unspecified atom stereocenters. The van der Waals surface area contributed by atoms with Crippen LogP contribution in [-0.4, -0.2) is 18.5 Å². The van der Waals surface area contributed by atoms with Gasteiger partial charge in [0.2, 0.25) is 5.91 Å². The minimum absolute atomic E-state index is 0.139. The highest BCUT2D eigenvalue weighted by atomic mass is 19.1. The Labute approximate surface area is 108 Å². The summed E-state index contributed by atoms with van der Waals surface area (Å²) in [6, 6.07) is 5.92. The van der Waals surface area contributed by atoms with E-state index in [1.54, 1.807) is 6.07 Å². The van der Waals surface area contributed by atoms with Crippen molar-refractivity contribution in [2.45, 2.75) is 32.7 Å². The molecule has 1 aromatic carbocycles. The predicted octanol–water partition coefficient (Wildman–Crippen LogP) is 1.86. The standard InChI is InChI=1S/C14H21FN2O/c1-10(2)8-13(16)14(18)17-7-6-11-4-3-5-12(15)9-11/h3-5,9-10,13H,6-8,16H2,1-2H3,(H,17,18)/t13-/m1/s1. The van der Waals surface area contributed by atoms with Gasteiger partial charge in [-0.05, 0) is 36.5 Å². The summed E-state index contributed by atoms with van der Waals surface area (Å²) in [6.45, 7) is 4.54. The fourth-order valence-electron chi connectivity index (χ4n) is 1.77. The van der Waals surface area contributed by atoms with Crippen molar-refractivity contribution < 1.29 is 9.18 Å². The number of halogens is 1. The molecule has 0 heterocycles. The predicted molar refractivity (Wildman–Crippen MR) is 70.5 cm³/mol. The minimum Gasteiger partial charge on any atom is -0.354 e. The number of carbonyl (C=O) groups excluding carboxylic acids is 1. The van der Waals surface area contributed by atoms with E-state index in [9.17, 15) is 9.18 Å². The number of hydrogen-bond acceptors (Lipinski definition) is 2. The summed E-state index contributed by atoms with van der Waals surface area (Å²) < 4.78 is 12.9. The average Bonchev–Trinajstić information content (AvgIpc) is 2.28. The first kappa shape index (κ1) is 14.6. The van der Waals surface area contributed by atoms with Crippen LogP contribution in [0.25, 0.3) is 0 Å². The van der Waals surface area contributed by atoms with E-state index in [0.717, 1.165) is 5.56 Å². The highest BCUT2D eigenvalue weighted by Crippen LogP contribution is 2.04. The molecule has 3 nitrogen and oxygen atoms in total. The number of benzene rings is 1. The highest BCUT2D eigenvalue weighted by Gasteiger charge is 2.13. The Kier molecular flexibility index (Phi) is 5.78. The third kappa shape index (κ3) is 5.27. The highest BCUT2D eigenvalue weighted by molar-refractivity contribution is 5.81. The van der Waals surface area contributed by atoms with E-state index in [-0.39, 0.29) is 11.7 Å². The Bertz CT molecular complexity index is 393. The lowest BCUT2D eigenvalue weighted by molar-refractivity contribution is -0.122. The zero-order chi connectivity index (χ0) is 13.5. The van der Waals surface area contributed by atoms with Crippen LogP contribution in [0.1, 0.15) is 25.8 Å². The number of nitrogens with two attached hydrogens (primary N) is 1. The fraction of sp³-hybridized carbons (Fsp3) is 0.500. The van der Waals surface area contributed by atoms with Gasteiger partial charge in [-0.1, -0.05) is 26.0 Å². The quantitative estimate of drug-likeness (QED) is 0.812. The molecule has 0 fully saturated rings. The van der Waals surface area contributed by atoms with Gasteiger partial charge >= 0.3 is 0 Å². The number of hydrogen-bond donors (Lipinski definition) is 2. The first-order valence-corrected chi connectivity index (χ1v) is 6.26. The van der Waals surface area contributed by atoms with Crippen LogP contribution in [0.15, 0.2) is 24.3 Å². The fourth-order valence-corrected chi connectivity index (χ4v) is 1.77. The molecule has 1 atom stereocenters. The Hall–Kier alpha value is -1.42. The number of rotatable bonds is 6. The molecule has 0 aliphatic heterocycles. The molecular formula is C14H21FN2O. The molecule has 100 valence electrons. The molecule has 1 amide bonds. The van der Waals surface area contributed by atoms with Crippen molar-refractivity contribution in [2.75, 3.05) is 6.54 Å². The van der Waals surface area contributed by atoms with Gasteiger partial charge in [0.1, 0.15) is 5.82 Å².